The molecule has 1 aromatic heterocycles. The first kappa shape index (κ1) is 28.6. The molecule has 0 bridgehead atoms. The Morgan fingerprint density at radius 2 is 1.82 bits per heavy atom. The Labute approximate surface area is 231 Å². The summed E-state index contributed by atoms with van der Waals surface area (Å²) in [5.41, 5.74) is 1.58. The third kappa shape index (κ3) is 6.42. The van der Waals surface area contributed by atoms with Crippen molar-refractivity contribution in [2.45, 2.75) is 26.2 Å². The van der Waals surface area contributed by atoms with E-state index in [9.17, 15) is 18.8 Å². The Kier molecular flexibility index (Phi) is 8.43. The Morgan fingerprint density at radius 3 is 2.50 bits per heavy atom. The summed E-state index contributed by atoms with van der Waals surface area (Å²) in [4.78, 5) is 44.7. The minimum atomic E-state index is -0.925. The first-order valence-corrected chi connectivity index (χ1v) is 12.9. The quantitative estimate of drug-likeness (QED) is 0.403. The van der Waals surface area contributed by atoms with Gasteiger partial charge in [-0.1, -0.05) is 13.8 Å². The molecule has 3 aromatic rings. The van der Waals surface area contributed by atoms with Gasteiger partial charge in [0.1, 0.15) is 11.6 Å². The van der Waals surface area contributed by atoms with Crippen molar-refractivity contribution in [3.05, 3.63) is 71.3 Å². The minimum Gasteiger partial charge on any atom is -0.434 e. The van der Waals surface area contributed by atoms with Gasteiger partial charge in [-0.05, 0) is 63.0 Å². The van der Waals surface area contributed by atoms with Crippen LogP contribution in [0.25, 0.3) is 16.7 Å². The van der Waals surface area contributed by atoms with Crippen molar-refractivity contribution < 1.29 is 33.0 Å². The van der Waals surface area contributed by atoms with E-state index in [4.69, 9.17) is 14.2 Å². The van der Waals surface area contributed by atoms with Crippen LogP contribution in [0.4, 0.5) is 14.0 Å². The highest BCUT2D eigenvalue weighted by atomic mass is 19.1. The summed E-state index contributed by atoms with van der Waals surface area (Å²) in [5.74, 6) is -0.433. The number of carbonyl (C=O) groups excluding carboxylic acids is 3. The van der Waals surface area contributed by atoms with E-state index >= 15 is 0 Å². The van der Waals surface area contributed by atoms with E-state index in [1.165, 1.54) is 35.4 Å². The van der Waals surface area contributed by atoms with Crippen LogP contribution in [0.5, 0.6) is 5.75 Å². The van der Waals surface area contributed by atoms with Gasteiger partial charge < -0.3 is 34.3 Å². The van der Waals surface area contributed by atoms with Gasteiger partial charge in [0.2, 0.25) is 0 Å². The molecule has 11 heteroatoms. The van der Waals surface area contributed by atoms with Crippen LogP contribution >= 0.6 is 0 Å². The fourth-order valence-corrected chi connectivity index (χ4v) is 4.61. The molecule has 2 amide bonds. The maximum atomic E-state index is 13.5. The normalized spacial score (nSPS) is 14.3. The molecule has 2 heterocycles. The van der Waals surface area contributed by atoms with Gasteiger partial charge >= 0.3 is 12.2 Å². The number of hydrogen-bond donors (Lipinski definition) is 2. The molecule has 212 valence electrons. The zero-order valence-electron chi connectivity index (χ0n) is 23.2. The van der Waals surface area contributed by atoms with Crippen molar-refractivity contribution in [1.82, 2.24) is 20.1 Å². The lowest BCUT2D eigenvalue weighted by atomic mass is 9.82. The number of aromatic nitrogens is 1. The van der Waals surface area contributed by atoms with E-state index in [0.717, 1.165) is 10.9 Å². The summed E-state index contributed by atoms with van der Waals surface area (Å²) < 4.78 is 29.5. The first-order chi connectivity index (χ1) is 19.0. The number of amides is 2. The van der Waals surface area contributed by atoms with Crippen molar-refractivity contribution in [1.29, 1.82) is 0 Å². The van der Waals surface area contributed by atoms with Crippen LogP contribution in [0.2, 0.25) is 0 Å². The van der Waals surface area contributed by atoms with Crippen LogP contribution in [0.1, 0.15) is 42.4 Å². The highest BCUT2D eigenvalue weighted by molar-refractivity contribution is 5.97. The Bertz CT molecular complexity index is 1440. The third-order valence-corrected chi connectivity index (χ3v) is 6.38. The lowest BCUT2D eigenvalue weighted by molar-refractivity contribution is 0.0788. The molecule has 0 aliphatic carbocycles. The summed E-state index contributed by atoms with van der Waals surface area (Å²) in [7, 11) is 3.81. The minimum absolute atomic E-state index is 0.0783. The molecule has 0 unspecified atom stereocenters. The van der Waals surface area contributed by atoms with Crippen molar-refractivity contribution in [2.24, 2.45) is 0 Å². The molecule has 40 heavy (non-hydrogen) atoms. The van der Waals surface area contributed by atoms with Crippen LogP contribution in [0, 0.1) is 5.82 Å². The average Bonchev–Trinajstić information content (AvgIpc) is 3.23. The monoisotopic (exact) mass is 552 g/mol. The van der Waals surface area contributed by atoms with Crippen molar-refractivity contribution >= 4 is 34.8 Å². The number of likely N-dealkylation sites (N-methyl/N-ethyl adjacent to an activating group) is 1. The van der Waals surface area contributed by atoms with Gasteiger partial charge in [-0.15, -0.1) is 0 Å². The Hall–Kier alpha value is -4.38. The zero-order chi connectivity index (χ0) is 29.0. The van der Waals surface area contributed by atoms with Gasteiger partial charge in [0.25, 0.3) is 5.91 Å². The molecule has 0 saturated heterocycles. The number of carbonyl (C=O) groups is 3. The number of halogens is 1. The van der Waals surface area contributed by atoms with Gasteiger partial charge in [0.05, 0.1) is 18.5 Å². The van der Waals surface area contributed by atoms with Gasteiger partial charge in [-0.25, -0.2) is 14.0 Å². The molecule has 0 atom stereocenters. The number of nitrogens with zero attached hydrogens (tertiary/aromatic N) is 2. The topological polar surface area (TPSA) is 113 Å². The van der Waals surface area contributed by atoms with E-state index < -0.39 is 23.5 Å². The molecule has 2 N–H and O–H groups in total. The number of fused-ring (bicyclic) bond motifs is 3. The molecule has 0 fully saturated rings. The van der Waals surface area contributed by atoms with Crippen molar-refractivity contribution in [3.63, 3.8) is 0 Å². The summed E-state index contributed by atoms with van der Waals surface area (Å²) in [6, 6.07) is 10.4. The van der Waals surface area contributed by atoms with Crippen LogP contribution < -0.4 is 10.1 Å². The highest BCUT2D eigenvalue weighted by Gasteiger charge is 2.37. The third-order valence-electron chi connectivity index (χ3n) is 6.38. The number of benzene rings is 2. The number of ether oxygens (including phenoxy) is 3. The lowest BCUT2D eigenvalue weighted by Crippen LogP contribution is -2.36. The average molecular weight is 553 g/mol. The standard InChI is InChI=1S/C29H33FN4O6/c1-6-38-28(37)40-23-16-34(26(35)18-7-9-19(30)10-8-18)17-29(2,3)24-21-12-11-20(15-22(21)32-25(23)24)39-27(36)31-13-14-33(4)5/h7-12,15-16,32H,6,13-14,17H2,1-5H3,(H,31,36). The molecule has 0 saturated carbocycles. The molecule has 0 spiro atoms. The number of hydrogen-bond acceptors (Lipinski definition) is 7. The second-order valence-corrected chi connectivity index (χ2v) is 10.3. The van der Waals surface area contributed by atoms with E-state index in [0.29, 0.717) is 30.0 Å². The van der Waals surface area contributed by atoms with E-state index in [1.807, 2.05) is 38.9 Å². The number of aromatic amines is 1. The fraction of sp³-hybridized carbons (Fsp3) is 0.345. The molecule has 2 aromatic carbocycles. The van der Waals surface area contributed by atoms with E-state index in [1.54, 1.807) is 19.1 Å². The Morgan fingerprint density at radius 1 is 1.10 bits per heavy atom. The predicted octanol–water partition coefficient (Wildman–Crippen LogP) is 4.86. The molecular weight excluding hydrogens is 519 g/mol. The molecular formula is C29H33FN4O6. The SMILES string of the molecule is CCOC(=O)OC1=CN(C(=O)c2ccc(F)cc2)CC(C)(C)c2c1[nH]c1cc(OC(=O)NCCN(C)C)ccc21. The van der Waals surface area contributed by atoms with Crippen LogP contribution in [-0.4, -0.2) is 73.3 Å². The highest BCUT2D eigenvalue weighted by Crippen LogP contribution is 2.41. The second kappa shape index (κ2) is 11.8. The predicted molar refractivity (Wildman–Crippen MR) is 147 cm³/mol. The maximum Gasteiger partial charge on any atom is 0.513 e. The van der Waals surface area contributed by atoms with Crippen molar-refractivity contribution in [2.75, 3.05) is 40.3 Å². The van der Waals surface area contributed by atoms with Gasteiger partial charge in [0.15, 0.2) is 5.76 Å². The molecule has 1 aliphatic rings. The first-order valence-electron chi connectivity index (χ1n) is 12.9. The number of nitrogens with one attached hydrogen (secondary N) is 2. The van der Waals surface area contributed by atoms with Crippen LogP contribution in [-0.2, 0) is 14.9 Å². The van der Waals surface area contributed by atoms with E-state index in [2.05, 4.69) is 10.3 Å². The molecule has 10 nitrogen and oxygen atoms in total. The second-order valence-electron chi connectivity index (χ2n) is 10.3. The summed E-state index contributed by atoms with van der Waals surface area (Å²) in [5, 5.41) is 3.50. The summed E-state index contributed by atoms with van der Waals surface area (Å²) in [6.07, 6.45) is -0.0530. The fourth-order valence-electron chi connectivity index (χ4n) is 4.61. The summed E-state index contributed by atoms with van der Waals surface area (Å²) in [6.45, 7) is 7.02. The van der Waals surface area contributed by atoms with Gasteiger partial charge in [-0.3, -0.25) is 4.79 Å². The summed E-state index contributed by atoms with van der Waals surface area (Å²) >= 11 is 0. The van der Waals surface area contributed by atoms with Gasteiger partial charge in [-0.2, -0.15) is 0 Å². The van der Waals surface area contributed by atoms with Crippen LogP contribution in [0.3, 0.4) is 0 Å². The lowest BCUT2D eigenvalue weighted by Gasteiger charge is -2.29. The van der Waals surface area contributed by atoms with Crippen molar-refractivity contribution in [3.8, 4) is 5.75 Å². The van der Waals surface area contributed by atoms with Crippen LogP contribution in [0.15, 0.2) is 48.7 Å². The zero-order valence-corrected chi connectivity index (χ0v) is 23.2. The largest absolute Gasteiger partial charge is 0.513 e. The van der Waals surface area contributed by atoms with E-state index in [-0.39, 0.29) is 30.4 Å². The van der Waals surface area contributed by atoms with Gasteiger partial charge in [0, 0.05) is 47.6 Å². The number of rotatable bonds is 7. The molecule has 0 radical (unpaired) electrons. The molecule has 4 rings (SSSR count). The maximum absolute atomic E-state index is 13.5. The number of H-pyrrole nitrogens is 1. The molecule has 1 aliphatic heterocycles. The Balaban J connectivity index is 1.72. The smallest absolute Gasteiger partial charge is 0.434 e.